The van der Waals surface area contributed by atoms with Gasteiger partial charge in [-0.15, -0.1) is 0 Å². The second kappa shape index (κ2) is 7.85. The lowest BCUT2D eigenvalue weighted by Gasteiger charge is -2.09. The molecule has 0 fully saturated rings. The highest BCUT2D eigenvalue weighted by Gasteiger charge is 2.18. The Morgan fingerprint density at radius 2 is 1.23 bits per heavy atom. The van der Waals surface area contributed by atoms with Crippen molar-refractivity contribution in [2.75, 3.05) is 0 Å². The number of rotatable bonds is 3. The second-order valence-electron chi connectivity index (χ2n) is 8.36. The van der Waals surface area contributed by atoms with Crippen molar-refractivity contribution in [1.82, 2.24) is 19.9 Å². The average molecular weight is 451 g/mol. The predicted octanol–water partition coefficient (Wildman–Crippen LogP) is 7.32. The maximum Gasteiger partial charge on any atom is 0.164 e. The molecule has 0 saturated carbocycles. The van der Waals surface area contributed by atoms with Gasteiger partial charge in [0.15, 0.2) is 17.5 Å². The highest BCUT2D eigenvalue weighted by atomic mass is 16.3. The Morgan fingerprint density at radius 1 is 0.543 bits per heavy atom. The molecule has 0 spiro atoms. The van der Waals surface area contributed by atoms with E-state index in [-0.39, 0.29) is 0 Å². The largest absolute Gasteiger partial charge is 0.456 e. The van der Waals surface area contributed by atoms with Crippen molar-refractivity contribution in [3.8, 4) is 34.2 Å². The molecule has 0 bridgehead atoms. The van der Waals surface area contributed by atoms with Crippen molar-refractivity contribution < 1.29 is 4.42 Å². The molecule has 7 aromatic rings. The molecule has 0 radical (unpaired) electrons. The minimum absolute atomic E-state index is 0.604. The SMILES string of the molecule is c1ccc(-c2nc(-c3ccccc3)nc(-c3cccc4oc5cc6cccnc6cc5c34)n2)cc1. The van der Waals surface area contributed by atoms with Gasteiger partial charge in [-0.05, 0) is 24.3 Å². The van der Waals surface area contributed by atoms with E-state index in [0.29, 0.717) is 17.5 Å². The van der Waals surface area contributed by atoms with Crippen LogP contribution in [0.1, 0.15) is 0 Å². The lowest BCUT2D eigenvalue weighted by molar-refractivity contribution is 0.669. The monoisotopic (exact) mass is 450 g/mol. The minimum Gasteiger partial charge on any atom is -0.456 e. The normalized spacial score (nSPS) is 11.4. The molecule has 0 saturated heterocycles. The third-order valence-electron chi connectivity index (χ3n) is 6.16. The number of furan rings is 1. The zero-order chi connectivity index (χ0) is 23.2. The molecule has 0 aliphatic rings. The molecule has 5 heteroatoms. The summed E-state index contributed by atoms with van der Waals surface area (Å²) in [4.78, 5) is 19.2. The fraction of sp³-hybridized carbons (Fsp3) is 0. The first-order valence-corrected chi connectivity index (χ1v) is 11.4. The quantitative estimate of drug-likeness (QED) is 0.282. The minimum atomic E-state index is 0.604. The molecule has 7 rings (SSSR count). The van der Waals surface area contributed by atoms with E-state index in [1.165, 1.54) is 0 Å². The van der Waals surface area contributed by atoms with Gasteiger partial charge in [-0.1, -0.05) is 78.9 Å². The smallest absolute Gasteiger partial charge is 0.164 e. The average Bonchev–Trinajstić information content (AvgIpc) is 3.30. The Balaban J connectivity index is 1.53. The lowest BCUT2D eigenvalue weighted by Crippen LogP contribution is -2.00. The molecule has 35 heavy (non-hydrogen) atoms. The predicted molar refractivity (Wildman–Crippen MR) is 139 cm³/mol. The summed E-state index contributed by atoms with van der Waals surface area (Å²) in [5.74, 6) is 1.87. The Bertz CT molecular complexity index is 1790. The number of benzene rings is 4. The summed E-state index contributed by atoms with van der Waals surface area (Å²) in [6, 6.07) is 34.1. The summed E-state index contributed by atoms with van der Waals surface area (Å²) in [5, 5.41) is 3.00. The van der Waals surface area contributed by atoms with E-state index in [0.717, 1.165) is 49.5 Å². The molecule has 3 aromatic heterocycles. The maximum atomic E-state index is 6.25. The first-order valence-electron chi connectivity index (χ1n) is 11.4. The maximum absolute atomic E-state index is 6.25. The summed E-state index contributed by atoms with van der Waals surface area (Å²) in [5.41, 5.74) is 5.29. The van der Waals surface area contributed by atoms with Crippen LogP contribution in [0.25, 0.3) is 67.0 Å². The van der Waals surface area contributed by atoms with Crippen LogP contribution in [-0.4, -0.2) is 19.9 Å². The third-order valence-corrected chi connectivity index (χ3v) is 6.16. The Morgan fingerprint density at radius 3 is 1.94 bits per heavy atom. The van der Waals surface area contributed by atoms with Crippen LogP contribution in [0.3, 0.4) is 0 Å². The van der Waals surface area contributed by atoms with Gasteiger partial charge >= 0.3 is 0 Å². The summed E-state index contributed by atoms with van der Waals surface area (Å²) in [6.07, 6.45) is 1.81. The van der Waals surface area contributed by atoms with Crippen LogP contribution >= 0.6 is 0 Å². The molecule has 0 unspecified atom stereocenters. The topological polar surface area (TPSA) is 64.7 Å². The van der Waals surface area contributed by atoms with Gasteiger partial charge in [-0.2, -0.15) is 0 Å². The molecule has 0 amide bonds. The van der Waals surface area contributed by atoms with Gasteiger partial charge in [0.05, 0.1) is 5.52 Å². The number of pyridine rings is 1. The fourth-order valence-electron chi connectivity index (χ4n) is 4.51. The van der Waals surface area contributed by atoms with E-state index in [4.69, 9.17) is 19.4 Å². The van der Waals surface area contributed by atoms with Crippen molar-refractivity contribution in [2.45, 2.75) is 0 Å². The van der Waals surface area contributed by atoms with Crippen molar-refractivity contribution in [3.05, 3.63) is 109 Å². The van der Waals surface area contributed by atoms with E-state index in [1.807, 2.05) is 103 Å². The summed E-state index contributed by atoms with van der Waals surface area (Å²) in [7, 11) is 0. The van der Waals surface area contributed by atoms with Gasteiger partial charge in [0.25, 0.3) is 0 Å². The number of nitrogens with zero attached hydrogens (tertiary/aromatic N) is 4. The van der Waals surface area contributed by atoms with Crippen LogP contribution < -0.4 is 0 Å². The Labute approximate surface area is 200 Å². The van der Waals surface area contributed by atoms with Gasteiger partial charge in [-0.3, -0.25) is 4.98 Å². The molecule has 0 aliphatic carbocycles. The van der Waals surface area contributed by atoms with Crippen LogP contribution in [0, 0.1) is 0 Å². The standard InChI is InChI=1S/C30H18N4O/c1-3-9-19(10-4-1)28-32-29(20-11-5-2-6-12-20)34-30(33-28)22-14-7-15-25-27(22)23-18-24-21(13-8-16-31-24)17-26(23)35-25/h1-18H. The number of fused-ring (bicyclic) bond motifs is 4. The van der Waals surface area contributed by atoms with E-state index in [2.05, 4.69) is 11.1 Å². The molecular formula is C30H18N4O. The zero-order valence-electron chi connectivity index (χ0n) is 18.6. The van der Waals surface area contributed by atoms with Crippen LogP contribution in [0.5, 0.6) is 0 Å². The third kappa shape index (κ3) is 3.33. The van der Waals surface area contributed by atoms with Gasteiger partial charge < -0.3 is 4.42 Å². The van der Waals surface area contributed by atoms with E-state index in [1.54, 1.807) is 0 Å². The van der Waals surface area contributed by atoms with Crippen LogP contribution in [0.15, 0.2) is 114 Å². The summed E-state index contributed by atoms with van der Waals surface area (Å²) < 4.78 is 6.25. The Hall–Kier alpha value is -4.90. The van der Waals surface area contributed by atoms with Gasteiger partial charge in [0.2, 0.25) is 0 Å². The Kier molecular flexibility index (Phi) is 4.39. The first kappa shape index (κ1) is 19.6. The second-order valence-corrected chi connectivity index (χ2v) is 8.36. The van der Waals surface area contributed by atoms with Gasteiger partial charge in [-0.25, -0.2) is 15.0 Å². The van der Waals surface area contributed by atoms with Crippen molar-refractivity contribution in [3.63, 3.8) is 0 Å². The van der Waals surface area contributed by atoms with Crippen LogP contribution in [-0.2, 0) is 0 Å². The highest BCUT2D eigenvalue weighted by molar-refractivity contribution is 6.14. The number of aromatic nitrogens is 4. The molecule has 0 N–H and O–H groups in total. The first-order chi connectivity index (χ1) is 17.3. The fourth-order valence-corrected chi connectivity index (χ4v) is 4.51. The van der Waals surface area contributed by atoms with Crippen molar-refractivity contribution >= 4 is 32.8 Å². The van der Waals surface area contributed by atoms with Crippen LogP contribution in [0.4, 0.5) is 0 Å². The van der Waals surface area contributed by atoms with Gasteiger partial charge in [0.1, 0.15) is 11.2 Å². The molecular weight excluding hydrogens is 432 g/mol. The van der Waals surface area contributed by atoms with Gasteiger partial charge in [0, 0.05) is 39.0 Å². The summed E-state index contributed by atoms with van der Waals surface area (Å²) in [6.45, 7) is 0. The molecule has 0 atom stereocenters. The molecule has 3 heterocycles. The van der Waals surface area contributed by atoms with Crippen molar-refractivity contribution in [1.29, 1.82) is 0 Å². The lowest BCUT2D eigenvalue weighted by atomic mass is 10.0. The highest BCUT2D eigenvalue weighted by Crippen LogP contribution is 2.37. The zero-order valence-corrected chi connectivity index (χ0v) is 18.6. The molecule has 5 nitrogen and oxygen atoms in total. The van der Waals surface area contributed by atoms with E-state index in [9.17, 15) is 0 Å². The molecule has 164 valence electrons. The van der Waals surface area contributed by atoms with Crippen LogP contribution in [0.2, 0.25) is 0 Å². The number of hydrogen-bond donors (Lipinski definition) is 0. The number of hydrogen-bond acceptors (Lipinski definition) is 5. The summed E-state index contributed by atoms with van der Waals surface area (Å²) >= 11 is 0. The molecule has 4 aromatic carbocycles. The van der Waals surface area contributed by atoms with E-state index >= 15 is 0 Å². The van der Waals surface area contributed by atoms with E-state index < -0.39 is 0 Å². The van der Waals surface area contributed by atoms with Crippen molar-refractivity contribution in [2.24, 2.45) is 0 Å². The molecule has 0 aliphatic heterocycles.